The van der Waals surface area contributed by atoms with Gasteiger partial charge in [0.05, 0.1) is 6.10 Å². The molecule has 14 heavy (non-hydrogen) atoms. The molecule has 1 heteroatoms. The maximum atomic E-state index is 5.71. The van der Waals surface area contributed by atoms with Crippen molar-refractivity contribution in [1.29, 1.82) is 0 Å². The highest BCUT2D eigenvalue weighted by atomic mass is 16.5. The quantitative estimate of drug-likeness (QED) is 0.705. The minimum atomic E-state index is 0.264. The van der Waals surface area contributed by atoms with Crippen LogP contribution in [0.15, 0.2) is 18.2 Å². The van der Waals surface area contributed by atoms with Crippen LogP contribution in [-0.2, 0) is 4.74 Å². The van der Waals surface area contributed by atoms with Crippen LogP contribution in [0.1, 0.15) is 43.1 Å². The van der Waals surface area contributed by atoms with Gasteiger partial charge in [-0.2, -0.15) is 0 Å². The van der Waals surface area contributed by atoms with Gasteiger partial charge >= 0.3 is 0 Å². The Labute approximate surface area is 87.1 Å². The molecule has 0 aliphatic carbocycles. The van der Waals surface area contributed by atoms with Crippen LogP contribution in [-0.4, -0.2) is 6.61 Å². The molecule has 0 saturated heterocycles. The van der Waals surface area contributed by atoms with Crippen LogP contribution >= 0.6 is 0 Å². The van der Waals surface area contributed by atoms with Crippen LogP contribution in [0, 0.1) is 13.8 Å². The first-order chi connectivity index (χ1) is 6.69. The third-order valence-electron chi connectivity index (χ3n) is 2.52. The predicted molar refractivity (Wildman–Crippen MR) is 60.6 cm³/mol. The summed E-state index contributed by atoms with van der Waals surface area (Å²) in [5, 5.41) is 0. The predicted octanol–water partition coefficient (Wildman–Crippen LogP) is 3.79. The lowest BCUT2D eigenvalue weighted by atomic mass is 9.99. The molecule has 1 nitrogen and oxygen atoms in total. The van der Waals surface area contributed by atoms with Crippen molar-refractivity contribution >= 4 is 0 Å². The van der Waals surface area contributed by atoms with Gasteiger partial charge in [-0.05, 0) is 38.3 Å². The van der Waals surface area contributed by atoms with E-state index in [0.29, 0.717) is 0 Å². The number of rotatable bonds is 4. The second-order valence-electron chi connectivity index (χ2n) is 3.71. The summed E-state index contributed by atoms with van der Waals surface area (Å²) in [6, 6.07) is 6.56. The zero-order chi connectivity index (χ0) is 10.6. The number of aryl methyl sites for hydroxylation is 2. The minimum Gasteiger partial charge on any atom is -0.374 e. The molecule has 0 fully saturated rings. The molecule has 0 aliphatic rings. The molecule has 0 spiro atoms. The fourth-order valence-corrected chi connectivity index (χ4v) is 1.74. The zero-order valence-corrected chi connectivity index (χ0v) is 9.63. The van der Waals surface area contributed by atoms with Crippen molar-refractivity contribution < 1.29 is 4.74 Å². The topological polar surface area (TPSA) is 9.23 Å². The largest absolute Gasteiger partial charge is 0.374 e. The lowest BCUT2D eigenvalue weighted by Gasteiger charge is -2.18. The maximum Gasteiger partial charge on any atom is 0.0824 e. The monoisotopic (exact) mass is 192 g/mol. The number of ether oxygens (including phenoxy) is 1. The molecule has 1 aromatic rings. The van der Waals surface area contributed by atoms with E-state index in [-0.39, 0.29) is 6.10 Å². The van der Waals surface area contributed by atoms with Crippen molar-refractivity contribution in [1.82, 2.24) is 0 Å². The van der Waals surface area contributed by atoms with Crippen LogP contribution in [0.4, 0.5) is 0 Å². The van der Waals surface area contributed by atoms with Crippen LogP contribution < -0.4 is 0 Å². The van der Waals surface area contributed by atoms with Crippen molar-refractivity contribution in [2.24, 2.45) is 0 Å². The smallest absolute Gasteiger partial charge is 0.0824 e. The van der Waals surface area contributed by atoms with Crippen molar-refractivity contribution in [3.05, 3.63) is 34.9 Å². The molecular formula is C13H20O. The van der Waals surface area contributed by atoms with E-state index in [0.717, 1.165) is 13.0 Å². The highest BCUT2D eigenvalue weighted by Gasteiger charge is 2.11. The van der Waals surface area contributed by atoms with Crippen molar-refractivity contribution in [2.75, 3.05) is 6.61 Å². The van der Waals surface area contributed by atoms with E-state index in [9.17, 15) is 0 Å². The second kappa shape index (κ2) is 5.16. The third-order valence-corrected chi connectivity index (χ3v) is 2.52. The van der Waals surface area contributed by atoms with Gasteiger partial charge in [-0.15, -0.1) is 0 Å². The van der Waals surface area contributed by atoms with E-state index < -0.39 is 0 Å². The van der Waals surface area contributed by atoms with Gasteiger partial charge in [-0.25, -0.2) is 0 Å². The SMILES string of the molecule is CCOC(CC)c1cc(C)ccc1C. The second-order valence-corrected chi connectivity index (χ2v) is 3.71. The van der Waals surface area contributed by atoms with Crippen LogP contribution in [0.2, 0.25) is 0 Å². The summed E-state index contributed by atoms with van der Waals surface area (Å²) in [4.78, 5) is 0. The van der Waals surface area contributed by atoms with Gasteiger partial charge < -0.3 is 4.74 Å². The molecule has 0 aliphatic heterocycles. The molecule has 78 valence electrons. The molecule has 0 radical (unpaired) electrons. The molecule has 0 heterocycles. The Morgan fingerprint density at radius 1 is 1.21 bits per heavy atom. The summed E-state index contributed by atoms with van der Waals surface area (Å²) >= 11 is 0. The Hall–Kier alpha value is -0.820. The molecule has 0 bridgehead atoms. The maximum absolute atomic E-state index is 5.71. The lowest BCUT2D eigenvalue weighted by molar-refractivity contribution is 0.0593. The number of benzene rings is 1. The first-order valence-electron chi connectivity index (χ1n) is 5.37. The Morgan fingerprint density at radius 3 is 2.50 bits per heavy atom. The van der Waals surface area contributed by atoms with Crippen LogP contribution in [0.25, 0.3) is 0 Å². The zero-order valence-electron chi connectivity index (χ0n) is 9.63. The average Bonchev–Trinajstić information content (AvgIpc) is 2.18. The summed E-state index contributed by atoms with van der Waals surface area (Å²) in [5.74, 6) is 0. The van der Waals surface area contributed by atoms with E-state index in [1.807, 2.05) is 6.92 Å². The van der Waals surface area contributed by atoms with Gasteiger partial charge in [0, 0.05) is 6.61 Å². The Morgan fingerprint density at radius 2 is 1.93 bits per heavy atom. The fourth-order valence-electron chi connectivity index (χ4n) is 1.74. The Kier molecular flexibility index (Phi) is 4.15. The van der Waals surface area contributed by atoms with Gasteiger partial charge in [0.1, 0.15) is 0 Å². The van der Waals surface area contributed by atoms with E-state index in [4.69, 9.17) is 4.74 Å². The first kappa shape index (κ1) is 11.3. The van der Waals surface area contributed by atoms with Crippen molar-refractivity contribution in [2.45, 2.75) is 40.2 Å². The molecule has 1 unspecified atom stereocenters. The molecule has 1 rings (SSSR count). The highest BCUT2D eigenvalue weighted by Crippen LogP contribution is 2.25. The summed E-state index contributed by atoms with van der Waals surface area (Å²) < 4.78 is 5.71. The van der Waals surface area contributed by atoms with Gasteiger partial charge in [0.2, 0.25) is 0 Å². The van der Waals surface area contributed by atoms with Gasteiger partial charge in [0.25, 0.3) is 0 Å². The number of hydrogen-bond donors (Lipinski definition) is 0. The molecule has 0 N–H and O–H groups in total. The van der Waals surface area contributed by atoms with Gasteiger partial charge in [-0.1, -0.05) is 30.7 Å². The average molecular weight is 192 g/mol. The lowest BCUT2D eigenvalue weighted by Crippen LogP contribution is -2.05. The minimum absolute atomic E-state index is 0.264. The van der Waals surface area contributed by atoms with Crippen LogP contribution in [0.3, 0.4) is 0 Å². The Bertz CT molecular complexity index is 291. The summed E-state index contributed by atoms with van der Waals surface area (Å²) in [6.45, 7) is 9.28. The standard InChI is InChI=1S/C13H20O/c1-5-13(14-6-2)12-9-10(3)7-8-11(12)4/h7-9,13H,5-6H2,1-4H3. The summed E-state index contributed by atoms with van der Waals surface area (Å²) in [6.07, 6.45) is 1.30. The van der Waals surface area contributed by atoms with Crippen LogP contribution in [0.5, 0.6) is 0 Å². The van der Waals surface area contributed by atoms with E-state index in [2.05, 4.69) is 39.0 Å². The van der Waals surface area contributed by atoms with E-state index in [1.54, 1.807) is 0 Å². The highest BCUT2D eigenvalue weighted by molar-refractivity contribution is 5.32. The molecule has 0 aromatic heterocycles. The fraction of sp³-hybridized carbons (Fsp3) is 0.538. The van der Waals surface area contributed by atoms with E-state index >= 15 is 0 Å². The van der Waals surface area contributed by atoms with Crippen molar-refractivity contribution in [3.8, 4) is 0 Å². The molecule has 0 amide bonds. The molecule has 0 saturated carbocycles. The summed E-state index contributed by atoms with van der Waals surface area (Å²) in [7, 11) is 0. The Balaban J connectivity index is 2.96. The molecular weight excluding hydrogens is 172 g/mol. The van der Waals surface area contributed by atoms with Crippen molar-refractivity contribution in [3.63, 3.8) is 0 Å². The first-order valence-corrected chi connectivity index (χ1v) is 5.37. The normalized spacial score (nSPS) is 12.9. The van der Waals surface area contributed by atoms with E-state index in [1.165, 1.54) is 16.7 Å². The molecule has 1 aromatic carbocycles. The molecule has 1 atom stereocenters. The third kappa shape index (κ3) is 2.58. The summed E-state index contributed by atoms with van der Waals surface area (Å²) in [5.41, 5.74) is 3.98. The van der Waals surface area contributed by atoms with Gasteiger partial charge in [0.15, 0.2) is 0 Å². The van der Waals surface area contributed by atoms with Gasteiger partial charge in [-0.3, -0.25) is 0 Å². The number of hydrogen-bond acceptors (Lipinski definition) is 1.